The maximum Gasteiger partial charge on any atom is 0.114 e. The van der Waals surface area contributed by atoms with Crippen molar-refractivity contribution in [3.05, 3.63) is 46.2 Å². The van der Waals surface area contributed by atoms with Gasteiger partial charge in [-0.25, -0.2) is 0 Å². The summed E-state index contributed by atoms with van der Waals surface area (Å²) in [6.45, 7) is 2.79. The summed E-state index contributed by atoms with van der Waals surface area (Å²) in [6, 6.07) is 6.24. The molecule has 0 aliphatic carbocycles. The minimum Gasteiger partial charge on any atom is -0.496 e. The van der Waals surface area contributed by atoms with Crippen LogP contribution in [0.1, 0.15) is 23.6 Å². The molecule has 0 fully saturated rings. The molecule has 2 rings (SSSR count). The van der Waals surface area contributed by atoms with Gasteiger partial charge in [0, 0.05) is 11.4 Å². The molecule has 2 nitrogen and oxygen atoms in total. The molecule has 16 heavy (non-hydrogen) atoms. The lowest BCUT2D eigenvalue weighted by Gasteiger charge is -2.18. The second-order valence-corrected chi connectivity index (χ2v) is 4.38. The van der Waals surface area contributed by atoms with Gasteiger partial charge in [-0.1, -0.05) is 23.7 Å². The standard InChI is InChI=1S/C13H16ClNO/c1-9-5-6-10(8-11(9)14)13(15-2)12-4-3-7-16-12/h4-6,8,13,15H,3,7H2,1-2H3. The highest BCUT2D eigenvalue weighted by atomic mass is 35.5. The fourth-order valence-electron chi connectivity index (χ4n) is 1.90. The van der Waals surface area contributed by atoms with E-state index in [0.29, 0.717) is 0 Å². The normalized spacial score (nSPS) is 16.8. The third-order valence-electron chi connectivity index (χ3n) is 2.83. The van der Waals surface area contributed by atoms with Crippen molar-refractivity contribution in [1.82, 2.24) is 5.32 Å². The number of nitrogens with one attached hydrogen (secondary N) is 1. The van der Waals surface area contributed by atoms with Crippen LogP contribution in [0.15, 0.2) is 30.0 Å². The van der Waals surface area contributed by atoms with E-state index in [1.807, 2.05) is 26.1 Å². The van der Waals surface area contributed by atoms with Crippen LogP contribution in [0.3, 0.4) is 0 Å². The predicted octanol–water partition coefficient (Wildman–Crippen LogP) is 3.21. The average Bonchev–Trinajstić information content (AvgIpc) is 2.78. The third-order valence-corrected chi connectivity index (χ3v) is 3.24. The molecule has 0 aromatic heterocycles. The maximum atomic E-state index is 6.13. The zero-order valence-corrected chi connectivity index (χ0v) is 10.3. The molecule has 1 aliphatic rings. The Kier molecular flexibility index (Phi) is 3.52. The van der Waals surface area contributed by atoms with E-state index in [0.717, 1.165) is 34.9 Å². The van der Waals surface area contributed by atoms with Crippen molar-refractivity contribution >= 4 is 11.6 Å². The summed E-state index contributed by atoms with van der Waals surface area (Å²) in [5.74, 6) is 1.00. The minimum absolute atomic E-state index is 0.112. The summed E-state index contributed by atoms with van der Waals surface area (Å²) in [6.07, 6.45) is 3.13. The number of aryl methyl sites for hydroxylation is 1. The summed E-state index contributed by atoms with van der Waals surface area (Å²) in [5, 5.41) is 4.06. The predicted molar refractivity (Wildman–Crippen MR) is 66.6 cm³/mol. The Morgan fingerprint density at radius 1 is 1.44 bits per heavy atom. The van der Waals surface area contributed by atoms with E-state index in [4.69, 9.17) is 16.3 Å². The Morgan fingerprint density at radius 2 is 2.25 bits per heavy atom. The second-order valence-electron chi connectivity index (χ2n) is 3.97. The smallest absolute Gasteiger partial charge is 0.114 e. The van der Waals surface area contributed by atoms with Crippen LogP contribution in [-0.4, -0.2) is 13.7 Å². The fourth-order valence-corrected chi connectivity index (χ4v) is 2.09. The number of hydrogen-bond donors (Lipinski definition) is 1. The van der Waals surface area contributed by atoms with Gasteiger partial charge >= 0.3 is 0 Å². The van der Waals surface area contributed by atoms with Crippen LogP contribution in [0.2, 0.25) is 5.02 Å². The Bertz CT molecular complexity index is 414. The Labute approximate surface area is 101 Å². The first-order valence-electron chi connectivity index (χ1n) is 5.48. The van der Waals surface area contributed by atoms with Gasteiger partial charge in [0.2, 0.25) is 0 Å². The summed E-state index contributed by atoms with van der Waals surface area (Å²) in [5.41, 5.74) is 2.24. The Balaban J connectivity index is 2.29. The Morgan fingerprint density at radius 3 is 2.81 bits per heavy atom. The Hall–Kier alpha value is -0.990. The van der Waals surface area contributed by atoms with Crippen LogP contribution in [0.4, 0.5) is 0 Å². The van der Waals surface area contributed by atoms with Gasteiger partial charge in [-0.15, -0.1) is 0 Å². The first-order chi connectivity index (χ1) is 7.72. The van der Waals surface area contributed by atoms with Crippen LogP contribution in [0, 0.1) is 6.92 Å². The average molecular weight is 238 g/mol. The van der Waals surface area contributed by atoms with Gasteiger partial charge in [0.05, 0.1) is 12.6 Å². The zero-order chi connectivity index (χ0) is 11.5. The van der Waals surface area contributed by atoms with Crippen LogP contribution in [0.5, 0.6) is 0 Å². The van der Waals surface area contributed by atoms with Gasteiger partial charge < -0.3 is 10.1 Å². The summed E-state index contributed by atoms with van der Waals surface area (Å²) in [7, 11) is 1.93. The van der Waals surface area contributed by atoms with Gasteiger partial charge in [0.15, 0.2) is 0 Å². The number of benzene rings is 1. The molecule has 3 heteroatoms. The fraction of sp³-hybridized carbons (Fsp3) is 0.385. The van der Waals surface area contributed by atoms with Crippen molar-refractivity contribution < 1.29 is 4.74 Å². The second kappa shape index (κ2) is 4.89. The quantitative estimate of drug-likeness (QED) is 0.872. The highest BCUT2D eigenvalue weighted by Gasteiger charge is 2.19. The number of ether oxygens (including phenoxy) is 1. The van der Waals surface area contributed by atoms with Crippen molar-refractivity contribution in [2.75, 3.05) is 13.7 Å². The molecule has 1 unspecified atom stereocenters. The van der Waals surface area contributed by atoms with E-state index in [-0.39, 0.29) is 6.04 Å². The third kappa shape index (κ3) is 2.23. The lowest BCUT2D eigenvalue weighted by atomic mass is 10.0. The minimum atomic E-state index is 0.112. The van der Waals surface area contributed by atoms with Crippen LogP contribution in [-0.2, 0) is 4.74 Å². The van der Waals surface area contributed by atoms with Gasteiger partial charge in [-0.3, -0.25) is 0 Å². The van der Waals surface area contributed by atoms with Crippen molar-refractivity contribution in [3.8, 4) is 0 Å². The number of hydrogen-bond acceptors (Lipinski definition) is 2. The van der Waals surface area contributed by atoms with E-state index in [1.54, 1.807) is 0 Å². The first kappa shape index (κ1) is 11.5. The van der Waals surface area contributed by atoms with Gasteiger partial charge in [-0.05, 0) is 37.2 Å². The van der Waals surface area contributed by atoms with Crippen LogP contribution in [0.25, 0.3) is 0 Å². The number of halogens is 1. The SMILES string of the molecule is CNC(C1=CCCO1)c1ccc(C)c(Cl)c1. The van der Waals surface area contributed by atoms with Gasteiger partial charge in [0.1, 0.15) is 5.76 Å². The molecule has 1 aromatic carbocycles. The summed E-state index contributed by atoms with van der Waals surface area (Å²) < 4.78 is 5.59. The van der Waals surface area contributed by atoms with Crippen LogP contribution >= 0.6 is 11.6 Å². The molecule has 0 amide bonds. The molecule has 0 saturated heterocycles. The van der Waals surface area contributed by atoms with Crippen LogP contribution < -0.4 is 5.32 Å². The maximum absolute atomic E-state index is 6.13. The molecular weight excluding hydrogens is 222 g/mol. The summed E-state index contributed by atoms with van der Waals surface area (Å²) in [4.78, 5) is 0. The highest BCUT2D eigenvalue weighted by molar-refractivity contribution is 6.31. The van der Waals surface area contributed by atoms with Gasteiger partial charge in [0.25, 0.3) is 0 Å². The van der Waals surface area contributed by atoms with Gasteiger partial charge in [-0.2, -0.15) is 0 Å². The lowest BCUT2D eigenvalue weighted by molar-refractivity contribution is 0.218. The van der Waals surface area contributed by atoms with E-state index in [9.17, 15) is 0 Å². The molecule has 0 spiro atoms. The molecular formula is C13H16ClNO. The molecule has 86 valence electrons. The molecule has 1 N–H and O–H groups in total. The molecule has 1 aromatic rings. The van der Waals surface area contributed by atoms with Crippen molar-refractivity contribution in [3.63, 3.8) is 0 Å². The first-order valence-corrected chi connectivity index (χ1v) is 5.86. The van der Waals surface area contributed by atoms with E-state index < -0.39 is 0 Å². The van der Waals surface area contributed by atoms with Crippen molar-refractivity contribution in [2.24, 2.45) is 0 Å². The van der Waals surface area contributed by atoms with E-state index >= 15 is 0 Å². The number of likely N-dealkylation sites (N-methyl/N-ethyl adjacent to an activating group) is 1. The summed E-state index contributed by atoms with van der Waals surface area (Å²) >= 11 is 6.13. The molecule has 0 radical (unpaired) electrons. The highest BCUT2D eigenvalue weighted by Crippen LogP contribution is 2.28. The molecule has 0 bridgehead atoms. The van der Waals surface area contributed by atoms with E-state index in [2.05, 4.69) is 17.5 Å². The van der Waals surface area contributed by atoms with E-state index in [1.165, 1.54) is 0 Å². The zero-order valence-electron chi connectivity index (χ0n) is 9.59. The largest absolute Gasteiger partial charge is 0.496 e. The van der Waals surface area contributed by atoms with Crippen molar-refractivity contribution in [2.45, 2.75) is 19.4 Å². The number of rotatable bonds is 3. The lowest BCUT2D eigenvalue weighted by Crippen LogP contribution is -2.19. The van der Waals surface area contributed by atoms with Crippen molar-refractivity contribution in [1.29, 1.82) is 0 Å². The topological polar surface area (TPSA) is 21.3 Å². The molecule has 0 saturated carbocycles. The monoisotopic (exact) mass is 237 g/mol. The molecule has 1 aliphatic heterocycles. The molecule has 1 heterocycles. The molecule has 1 atom stereocenters.